The minimum Gasteiger partial charge on any atom is -0.471 e. The molecule has 1 aliphatic heterocycles. The van der Waals surface area contributed by atoms with Crippen molar-refractivity contribution in [2.75, 3.05) is 6.54 Å². The summed E-state index contributed by atoms with van der Waals surface area (Å²) in [7, 11) is 0. The van der Waals surface area contributed by atoms with Crippen molar-refractivity contribution in [3.63, 3.8) is 0 Å². The van der Waals surface area contributed by atoms with Gasteiger partial charge in [-0.05, 0) is 66.8 Å². The summed E-state index contributed by atoms with van der Waals surface area (Å²) in [6, 6.07) is 8.69. The molecule has 3 atom stereocenters. The fraction of sp³-hybridized carbons (Fsp3) is 0.556. The minimum absolute atomic E-state index is 0.0258. The largest absolute Gasteiger partial charge is 0.471 e. The third-order valence-corrected chi connectivity index (χ3v) is 7.17. The van der Waals surface area contributed by atoms with Gasteiger partial charge < -0.3 is 25.6 Å². The number of aromatic nitrogens is 1. The average molecular weight is 502 g/mol. The third kappa shape index (κ3) is 6.66. The van der Waals surface area contributed by atoms with Crippen LogP contribution in [0.3, 0.4) is 0 Å². The van der Waals surface area contributed by atoms with E-state index in [1.165, 1.54) is 0 Å². The van der Waals surface area contributed by atoms with Crippen molar-refractivity contribution >= 4 is 17.7 Å². The highest BCUT2D eigenvalue weighted by molar-refractivity contribution is 6.30. The van der Waals surface area contributed by atoms with Crippen LogP contribution in [0.1, 0.15) is 69.2 Å². The molecule has 1 fully saturated rings. The highest BCUT2D eigenvalue weighted by atomic mass is 35.5. The number of ether oxygens (including phenoxy) is 1. The fourth-order valence-electron chi connectivity index (χ4n) is 5.07. The van der Waals surface area contributed by atoms with E-state index in [0.29, 0.717) is 17.3 Å². The van der Waals surface area contributed by atoms with Gasteiger partial charge in [0.25, 0.3) is 0 Å². The molecule has 0 radical (unpaired) electrons. The van der Waals surface area contributed by atoms with Gasteiger partial charge in [-0.3, -0.25) is 0 Å². The zero-order valence-electron chi connectivity index (χ0n) is 20.7. The Morgan fingerprint density at radius 1 is 1.26 bits per heavy atom. The van der Waals surface area contributed by atoms with E-state index < -0.39 is 18.2 Å². The van der Waals surface area contributed by atoms with Gasteiger partial charge in [0.1, 0.15) is 5.60 Å². The van der Waals surface area contributed by atoms with Gasteiger partial charge in [0.2, 0.25) is 5.88 Å². The minimum atomic E-state index is -1.16. The topological polar surface area (TPSA) is 104 Å². The molecular formula is C27H36ClN3O4. The van der Waals surface area contributed by atoms with E-state index in [9.17, 15) is 15.0 Å². The lowest BCUT2D eigenvalue weighted by atomic mass is 9.73. The molecule has 0 unspecified atom stereocenters. The summed E-state index contributed by atoms with van der Waals surface area (Å²) in [5, 5.41) is 27.0. The van der Waals surface area contributed by atoms with E-state index in [1.807, 2.05) is 18.3 Å². The molecule has 0 bridgehead atoms. The van der Waals surface area contributed by atoms with Gasteiger partial charge >= 0.3 is 6.09 Å². The molecule has 0 saturated heterocycles. The van der Waals surface area contributed by atoms with Gasteiger partial charge in [-0.2, -0.15) is 0 Å². The number of rotatable bonds is 8. The molecule has 4 rings (SSSR count). The van der Waals surface area contributed by atoms with Crippen molar-refractivity contribution in [2.24, 2.45) is 5.41 Å². The summed E-state index contributed by atoms with van der Waals surface area (Å²) in [6.45, 7) is 6.85. The molecule has 2 aromatic rings. The number of pyridine rings is 1. The van der Waals surface area contributed by atoms with Gasteiger partial charge in [0.15, 0.2) is 0 Å². The Hall–Kier alpha value is -2.35. The number of benzene rings is 1. The zero-order valence-corrected chi connectivity index (χ0v) is 21.4. The van der Waals surface area contributed by atoms with Gasteiger partial charge in [-0.15, -0.1) is 0 Å². The molecule has 1 spiro atoms. The van der Waals surface area contributed by atoms with Crippen LogP contribution in [0.25, 0.3) is 0 Å². The van der Waals surface area contributed by atoms with Crippen molar-refractivity contribution < 1.29 is 19.7 Å². The third-order valence-electron chi connectivity index (χ3n) is 6.92. The van der Waals surface area contributed by atoms with E-state index in [-0.39, 0.29) is 23.6 Å². The lowest BCUT2D eigenvalue weighted by Crippen LogP contribution is -2.52. The van der Waals surface area contributed by atoms with Crippen LogP contribution in [-0.4, -0.2) is 45.6 Å². The van der Waals surface area contributed by atoms with Gasteiger partial charge in [-0.25, -0.2) is 9.78 Å². The Balaban J connectivity index is 1.49. The summed E-state index contributed by atoms with van der Waals surface area (Å²) in [5.74, 6) is 0.668. The maximum atomic E-state index is 11.4. The molecule has 1 aromatic carbocycles. The molecule has 8 heteroatoms. The number of hydrogen-bond acceptors (Lipinski definition) is 5. The highest BCUT2D eigenvalue weighted by Gasteiger charge is 2.46. The van der Waals surface area contributed by atoms with Crippen molar-refractivity contribution in [3.05, 3.63) is 58.2 Å². The van der Waals surface area contributed by atoms with E-state index >= 15 is 0 Å². The highest BCUT2D eigenvalue weighted by Crippen LogP contribution is 2.48. The van der Waals surface area contributed by atoms with E-state index in [1.54, 1.807) is 12.1 Å². The number of aliphatic hydroxyl groups is 1. The first-order valence-corrected chi connectivity index (χ1v) is 12.7. The van der Waals surface area contributed by atoms with Gasteiger partial charge in [-0.1, -0.05) is 44.5 Å². The molecule has 1 amide bonds. The number of fused-ring (bicyclic) bond motifs is 1. The number of aliphatic hydroxyl groups excluding tert-OH is 1. The summed E-state index contributed by atoms with van der Waals surface area (Å²) in [6.07, 6.45) is 5.03. The molecule has 4 N–H and O–H groups in total. The first-order valence-electron chi connectivity index (χ1n) is 12.4. The predicted molar refractivity (Wildman–Crippen MR) is 136 cm³/mol. The second kappa shape index (κ2) is 10.3. The molecule has 2 aliphatic rings. The lowest BCUT2D eigenvalue weighted by molar-refractivity contribution is -0.0421. The van der Waals surface area contributed by atoms with Crippen molar-refractivity contribution in [1.82, 2.24) is 15.6 Å². The van der Waals surface area contributed by atoms with E-state index in [2.05, 4.69) is 42.5 Å². The summed E-state index contributed by atoms with van der Waals surface area (Å²) in [4.78, 5) is 16.1. The second-order valence-electron chi connectivity index (χ2n) is 11.2. The number of halogens is 1. The van der Waals surface area contributed by atoms with Crippen LogP contribution >= 0.6 is 11.6 Å². The second-order valence-corrected chi connectivity index (χ2v) is 11.7. The Labute approximate surface area is 212 Å². The Bertz CT molecular complexity index is 1030. The van der Waals surface area contributed by atoms with Gasteiger partial charge in [0, 0.05) is 35.8 Å². The van der Waals surface area contributed by atoms with Crippen LogP contribution in [0.4, 0.5) is 4.79 Å². The van der Waals surface area contributed by atoms with Crippen LogP contribution in [-0.2, 0) is 12.8 Å². The van der Waals surface area contributed by atoms with E-state index in [0.717, 1.165) is 48.8 Å². The summed E-state index contributed by atoms with van der Waals surface area (Å²) >= 11 is 5.97. The lowest BCUT2D eigenvalue weighted by Gasteiger charge is -2.47. The monoisotopic (exact) mass is 501 g/mol. The van der Waals surface area contributed by atoms with Crippen LogP contribution in [0.5, 0.6) is 5.88 Å². The Kier molecular flexibility index (Phi) is 7.60. The molecule has 190 valence electrons. The van der Waals surface area contributed by atoms with Crippen molar-refractivity contribution in [2.45, 2.75) is 83.1 Å². The van der Waals surface area contributed by atoms with Crippen LogP contribution in [0.15, 0.2) is 36.5 Å². The fourth-order valence-corrected chi connectivity index (χ4v) is 5.19. The van der Waals surface area contributed by atoms with Gasteiger partial charge in [0.05, 0.1) is 12.1 Å². The number of carboxylic acid groups (broad SMARTS) is 1. The zero-order chi connectivity index (χ0) is 25.2. The van der Waals surface area contributed by atoms with Crippen LogP contribution in [0.2, 0.25) is 5.02 Å². The molecule has 1 saturated carbocycles. The number of hydrogen-bond donors (Lipinski definition) is 4. The molecule has 7 nitrogen and oxygen atoms in total. The summed E-state index contributed by atoms with van der Waals surface area (Å²) in [5.41, 5.74) is 3.00. The predicted octanol–water partition coefficient (Wildman–Crippen LogP) is 4.90. The Morgan fingerprint density at radius 3 is 2.57 bits per heavy atom. The maximum Gasteiger partial charge on any atom is 0.404 e. The first kappa shape index (κ1) is 25.7. The molecule has 1 aromatic heterocycles. The normalized spacial score (nSPS) is 20.3. The summed E-state index contributed by atoms with van der Waals surface area (Å²) < 4.78 is 6.35. The average Bonchev–Trinajstić information content (AvgIpc) is 2.75. The Morgan fingerprint density at radius 2 is 1.97 bits per heavy atom. The molecule has 35 heavy (non-hydrogen) atoms. The SMILES string of the molecule is CC(C)(C)Cc1cnc2c(c1)[C@@H](NC[C@H](O)[C@H](Cc1ccc(Cl)cc1)NC(=O)O)CC1(CCC1)O2. The van der Waals surface area contributed by atoms with E-state index in [4.69, 9.17) is 16.3 Å². The first-order chi connectivity index (χ1) is 16.5. The number of nitrogens with one attached hydrogen (secondary N) is 2. The molecule has 1 aliphatic carbocycles. The van der Waals surface area contributed by atoms with Crippen LogP contribution in [0, 0.1) is 5.41 Å². The smallest absolute Gasteiger partial charge is 0.404 e. The van der Waals surface area contributed by atoms with Crippen molar-refractivity contribution in [1.29, 1.82) is 0 Å². The standard InChI is InChI=1S/C27H36ClN3O4/c1-26(2,3)13-18-11-20-22(14-27(9-4-10-27)35-24(20)30-15-18)29-16-23(32)21(31-25(33)34)12-17-5-7-19(28)8-6-17/h5-8,11,15,21-23,29,31-32H,4,9-10,12-14,16H2,1-3H3,(H,33,34)/t21-,22-,23-/m0/s1. The number of carbonyl (C=O) groups is 1. The molecular weight excluding hydrogens is 466 g/mol. The number of nitrogens with zero attached hydrogens (tertiary/aromatic N) is 1. The van der Waals surface area contributed by atoms with Crippen LogP contribution < -0.4 is 15.4 Å². The van der Waals surface area contributed by atoms with Crippen molar-refractivity contribution in [3.8, 4) is 5.88 Å². The maximum absolute atomic E-state index is 11.4. The quantitative estimate of drug-likeness (QED) is 0.410. The molecule has 2 heterocycles. The number of amides is 1.